The quantitative estimate of drug-likeness (QED) is 0.878. The molecule has 3 nitrogen and oxygen atoms in total. The Kier molecular flexibility index (Phi) is 4.53. The number of benzene rings is 1. The topological polar surface area (TPSA) is 49.3 Å². The molecule has 1 amide bonds. The lowest BCUT2D eigenvalue weighted by atomic mass is 9.74. The molecule has 1 saturated carbocycles. The van der Waals surface area contributed by atoms with Gasteiger partial charge in [-0.15, -0.1) is 0 Å². The van der Waals surface area contributed by atoms with Gasteiger partial charge in [-0.3, -0.25) is 4.79 Å². The predicted octanol–water partition coefficient (Wildman–Crippen LogP) is 2.50. The first kappa shape index (κ1) is 14.0. The van der Waals surface area contributed by atoms with E-state index in [-0.39, 0.29) is 17.6 Å². The van der Waals surface area contributed by atoms with Crippen molar-refractivity contribution in [2.24, 2.45) is 5.41 Å². The molecule has 0 bridgehead atoms. The van der Waals surface area contributed by atoms with Gasteiger partial charge in [0.2, 0.25) is 0 Å². The number of hydrogen-bond acceptors (Lipinski definition) is 2. The van der Waals surface area contributed by atoms with Gasteiger partial charge in [0.25, 0.3) is 5.91 Å². The highest BCUT2D eigenvalue weighted by atomic mass is 19.1. The largest absolute Gasteiger partial charge is 0.396 e. The van der Waals surface area contributed by atoms with Crippen LogP contribution in [0.4, 0.5) is 4.39 Å². The van der Waals surface area contributed by atoms with Crippen LogP contribution in [-0.2, 0) is 0 Å². The van der Waals surface area contributed by atoms with E-state index in [4.69, 9.17) is 0 Å². The Bertz CT molecular complexity index is 442. The van der Waals surface area contributed by atoms with Crippen LogP contribution in [0.1, 0.15) is 42.5 Å². The number of amides is 1. The predicted molar refractivity (Wildman–Crippen MR) is 71.3 cm³/mol. The van der Waals surface area contributed by atoms with Gasteiger partial charge < -0.3 is 10.4 Å². The van der Waals surface area contributed by atoms with Gasteiger partial charge in [0.1, 0.15) is 5.82 Å². The SMILES string of the molecule is O=C(NCC1(CO)CCCCC1)c1ccccc1F. The van der Waals surface area contributed by atoms with Crippen LogP contribution in [0.5, 0.6) is 0 Å². The van der Waals surface area contributed by atoms with Crippen molar-refractivity contribution in [3.05, 3.63) is 35.6 Å². The Morgan fingerprint density at radius 3 is 2.58 bits per heavy atom. The van der Waals surface area contributed by atoms with Crippen molar-refractivity contribution in [2.75, 3.05) is 13.2 Å². The summed E-state index contributed by atoms with van der Waals surface area (Å²) in [5.74, 6) is -0.918. The van der Waals surface area contributed by atoms with Gasteiger partial charge in [0.05, 0.1) is 12.2 Å². The van der Waals surface area contributed by atoms with Gasteiger partial charge in [-0.05, 0) is 25.0 Å². The van der Waals surface area contributed by atoms with E-state index in [0.717, 1.165) is 25.7 Å². The lowest BCUT2D eigenvalue weighted by Gasteiger charge is -2.35. The molecule has 104 valence electrons. The molecule has 0 heterocycles. The van der Waals surface area contributed by atoms with E-state index in [9.17, 15) is 14.3 Å². The first-order valence-electron chi connectivity index (χ1n) is 6.80. The summed E-state index contributed by atoms with van der Waals surface area (Å²) in [5, 5.41) is 12.3. The van der Waals surface area contributed by atoms with Gasteiger partial charge >= 0.3 is 0 Å². The lowest BCUT2D eigenvalue weighted by Crippen LogP contribution is -2.41. The first-order valence-corrected chi connectivity index (χ1v) is 6.80. The summed E-state index contributed by atoms with van der Waals surface area (Å²) in [6.07, 6.45) is 5.18. The van der Waals surface area contributed by atoms with Crippen LogP contribution in [0.3, 0.4) is 0 Å². The van der Waals surface area contributed by atoms with Gasteiger partial charge in [0.15, 0.2) is 0 Å². The molecule has 0 saturated heterocycles. The highest BCUT2D eigenvalue weighted by Crippen LogP contribution is 2.35. The summed E-state index contributed by atoms with van der Waals surface area (Å²) >= 11 is 0. The van der Waals surface area contributed by atoms with E-state index >= 15 is 0 Å². The number of aliphatic hydroxyl groups excluding tert-OH is 1. The minimum atomic E-state index is -0.512. The van der Waals surface area contributed by atoms with E-state index in [0.29, 0.717) is 6.54 Å². The second kappa shape index (κ2) is 6.15. The Morgan fingerprint density at radius 1 is 1.26 bits per heavy atom. The minimum Gasteiger partial charge on any atom is -0.396 e. The van der Waals surface area contributed by atoms with Crippen LogP contribution in [0.15, 0.2) is 24.3 Å². The molecular formula is C15H20FNO2. The van der Waals surface area contributed by atoms with Crippen LogP contribution in [-0.4, -0.2) is 24.2 Å². The highest BCUT2D eigenvalue weighted by Gasteiger charge is 2.31. The fraction of sp³-hybridized carbons (Fsp3) is 0.533. The third-order valence-electron chi connectivity index (χ3n) is 3.99. The molecule has 0 aromatic heterocycles. The third kappa shape index (κ3) is 3.32. The van der Waals surface area contributed by atoms with Crippen molar-refractivity contribution in [2.45, 2.75) is 32.1 Å². The molecule has 0 spiro atoms. The maximum absolute atomic E-state index is 13.5. The molecule has 4 heteroatoms. The summed E-state index contributed by atoms with van der Waals surface area (Å²) in [4.78, 5) is 11.9. The summed E-state index contributed by atoms with van der Waals surface area (Å²) in [6, 6.07) is 5.94. The number of aliphatic hydroxyl groups is 1. The molecule has 2 N–H and O–H groups in total. The van der Waals surface area contributed by atoms with Crippen LogP contribution in [0, 0.1) is 11.2 Å². The average Bonchev–Trinajstić information content (AvgIpc) is 2.46. The molecule has 0 aliphatic heterocycles. The molecule has 19 heavy (non-hydrogen) atoms. The third-order valence-corrected chi connectivity index (χ3v) is 3.99. The molecule has 0 radical (unpaired) electrons. The summed E-state index contributed by atoms with van der Waals surface area (Å²) in [5.41, 5.74) is -0.162. The van der Waals surface area contributed by atoms with Gasteiger partial charge in [-0.1, -0.05) is 31.4 Å². The van der Waals surface area contributed by atoms with Crippen molar-refractivity contribution in [3.63, 3.8) is 0 Å². The Labute approximate surface area is 112 Å². The van der Waals surface area contributed by atoms with Crippen molar-refractivity contribution < 1.29 is 14.3 Å². The van der Waals surface area contributed by atoms with Gasteiger partial charge in [-0.2, -0.15) is 0 Å². The van der Waals surface area contributed by atoms with E-state index < -0.39 is 11.7 Å². The number of carbonyl (C=O) groups excluding carboxylic acids is 1. The maximum atomic E-state index is 13.5. The van der Waals surface area contributed by atoms with Crippen LogP contribution in [0.2, 0.25) is 0 Å². The summed E-state index contributed by atoms with van der Waals surface area (Å²) in [7, 11) is 0. The number of carbonyl (C=O) groups is 1. The number of hydrogen-bond donors (Lipinski definition) is 2. The average molecular weight is 265 g/mol. The fourth-order valence-electron chi connectivity index (χ4n) is 2.70. The summed E-state index contributed by atoms with van der Waals surface area (Å²) < 4.78 is 13.5. The molecule has 1 aromatic rings. The zero-order valence-electron chi connectivity index (χ0n) is 11.0. The molecule has 1 fully saturated rings. The van der Waals surface area contributed by atoms with E-state index in [1.807, 2.05) is 0 Å². The molecule has 1 aromatic carbocycles. The monoisotopic (exact) mass is 265 g/mol. The van der Waals surface area contributed by atoms with Gasteiger partial charge in [0, 0.05) is 12.0 Å². The zero-order valence-corrected chi connectivity index (χ0v) is 11.0. The second-order valence-electron chi connectivity index (χ2n) is 5.38. The Hall–Kier alpha value is -1.42. The minimum absolute atomic E-state index is 0.0615. The number of rotatable bonds is 4. The molecule has 0 unspecified atom stereocenters. The first-order chi connectivity index (χ1) is 9.17. The van der Waals surface area contributed by atoms with Crippen LogP contribution >= 0.6 is 0 Å². The van der Waals surface area contributed by atoms with E-state index in [2.05, 4.69) is 5.32 Å². The van der Waals surface area contributed by atoms with E-state index in [1.165, 1.54) is 18.6 Å². The molecular weight excluding hydrogens is 245 g/mol. The van der Waals surface area contributed by atoms with E-state index in [1.54, 1.807) is 12.1 Å². The highest BCUT2D eigenvalue weighted by molar-refractivity contribution is 5.94. The molecule has 1 aliphatic rings. The molecule has 0 atom stereocenters. The fourth-order valence-corrected chi connectivity index (χ4v) is 2.70. The Morgan fingerprint density at radius 2 is 1.95 bits per heavy atom. The zero-order chi connectivity index (χ0) is 13.7. The smallest absolute Gasteiger partial charge is 0.254 e. The van der Waals surface area contributed by atoms with Crippen LogP contribution < -0.4 is 5.32 Å². The molecule has 1 aliphatic carbocycles. The van der Waals surface area contributed by atoms with Crippen molar-refractivity contribution in [3.8, 4) is 0 Å². The summed E-state index contributed by atoms with van der Waals surface area (Å²) in [6.45, 7) is 0.487. The van der Waals surface area contributed by atoms with Crippen molar-refractivity contribution >= 4 is 5.91 Å². The maximum Gasteiger partial charge on any atom is 0.254 e. The molecule has 2 rings (SSSR count). The van der Waals surface area contributed by atoms with Crippen molar-refractivity contribution in [1.82, 2.24) is 5.32 Å². The van der Waals surface area contributed by atoms with Gasteiger partial charge in [-0.25, -0.2) is 4.39 Å². The standard InChI is InChI=1S/C15H20FNO2/c16-13-7-3-2-6-12(13)14(19)17-10-15(11-18)8-4-1-5-9-15/h2-3,6-7,18H,1,4-5,8-11H2,(H,17,19). The lowest BCUT2D eigenvalue weighted by molar-refractivity contribution is 0.0716. The normalized spacial score (nSPS) is 18.0. The van der Waals surface area contributed by atoms with Crippen LogP contribution in [0.25, 0.3) is 0 Å². The number of halogens is 1. The van der Waals surface area contributed by atoms with Crippen molar-refractivity contribution in [1.29, 1.82) is 0 Å². The second-order valence-corrected chi connectivity index (χ2v) is 5.38. The number of nitrogens with one attached hydrogen (secondary N) is 1. The Balaban J connectivity index is 1.98.